The Balaban J connectivity index is 2.69. The quantitative estimate of drug-likeness (QED) is 0.668. The molecule has 1 amide bonds. The van der Waals surface area contributed by atoms with Crippen LogP contribution in [0.15, 0.2) is 24.3 Å². The predicted molar refractivity (Wildman–Crippen MR) is 80.2 cm³/mol. The number of anilines is 1. The Morgan fingerprint density at radius 2 is 1.95 bits per heavy atom. The van der Waals surface area contributed by atoms with E-state index in [4.69, 9.17) is 10.2 Å². The van der Waals surface area contributed by atoms with Gasteiger partial charge in [-0.15, -0.1) is 0 Å². The van der Waals surface area contributed by atoms with Crippen LogP contribution in [-0.2, 0) is 9.59 Å². The van der Waals surface area contributed by atoms with Gasteiger partial charge in [-0.05, 0) is 25.5 Å². The second kappa shape index (κ2) is 8.39. The topological polar surface area (TPSA) is 89.9 Å². The molecule has 0 saturated carbocycles. The molecule has 116 valence electrons. The largest absolute Gasteiger partial charge is 0.481 e. The molecule has 3 N–H and O–H groups in total. The normalized spacial score (nSPS) is 12.2. The highest BCUT2D eigenvalue weighted by molar-refractivity contribution is 5.95. The molecule has 6 nitrogen and oxygen atoms in total. The minimum atomic E-state index is -0.926. The SMILES string of the molecule is Cc1ccccc1NC(=O)C(C)N(CCO)CCC(=O)O. The molecule has 1 unspecified atom stereocenters. The number of amides is 1. The number of aliphatic hydroxyl groups is 1. The number of rotatable bonds is 8. The average molecular weight is 294 g/mol. The lowest BCUT2D eigenvalue weighted by molar-refractivity contribution is -0.138. The second-order valence-electron chi connectivity index (χ2n) is 4.88. The summed E-state index contributed by atoms with van der Waals surface area (Å²) < 4.78 is 0. The Labute approximate surface area is 124 Å². The molecule has 0 heterocycles. The first-order chi connectivity index (χ1) is 9.95. The lowest BCUT2D eigenvalue weighted by Crippen LogP contribution is -2.44. The Morgan fingerprint density at radius 1 is 1.29 bits per heavy atom. The van der Waals surface area contributed by atoms with Gasteiger partial charge in [0.1, 0.15) is 0 Å². The standard InChI is InChI=1S/C15H22N2O4/c1-11-5-3-4-6-13(11)16-15(21)12(2)17(9-10-18)8-7-14(19)20/h3-6,12,18H,7-10H2,1-2H3,(H,16,21)(H,19,20). The van der Waals surface area contributed by atoms with E-state index in [1.54, 1.807) is 11.8 Å². The highest BCUT2D eigenvalue weighted by Crippen LogP contribution is 2.14. The number of hydrogen-bond acceptors (Lipinski definition) is 4. The number of nitrogens with one attached hydrogen (secondary N) is 1. The monoisotopic (exact) mass is 294 g/mol. The van der Waals surface area contributed by atoms with Crippen LogP contribution >= 0.6 is 0 Å². The van der Waals surface area contributed by atoms with Crippen molar-refractivity contribution in [2.24, 2.45) is 0 Å². The molecule has 0 radical (unpaired) electrons. The molecule has 0 aliphatic rings. The van der Waals surface area contributed by atoms with E-state index in [2.05, 4.69) is 5.32 Å². The van der Waals surface area contributed by atoms with E-state index < -0.39 is 12.0 Å². The molecule has 0 bridgehead atoms. The van der Waals surface area contributed by atoms with Crippen molar-refractivity contribution in [3.05, 3.63) is 29.8 Å². The number of hydrogen-bond donors (Lipinski definition) is 3. The molecule has 0 aromatic heterocycles. The van der Waals surface area contributed by atoms with Crippen molar-refractivity contribution in [3.63, 3.8) is 0 Å². The van der Waals surface area contributed by atoms with Crippen molar-refractivity contribution >= 4 is 17.6 Å². The summed E-state index contributed by atoms with van der Waals surface area (Å²) in [5.74, 6) is -1.15. The average Bonchev–Trinajstić information content (AvgIpc) is 2.45. The number of carboxylic acid groups (broad SMARTS) is 1. The molecule has 0 aliphatic carbocycles. The first-order valence-corrected chi connectivity index (χ1v) is 6.89. The lowest BCUT2D eigenvalue weighted by Gasteiger charge is -2.27. The highest BCUT2D eigenvalue weighted by atomic mass is 16.4. The number of benzene rings is 1. The van der Waals surface area contributed by atoms with Crippen LogP contribution in [0.4, 0.5) is 5.69 Å². The summed E-state index contributed by atoms with van der Waals surface area (Å²) in [7, 11) is 0. The minimum Gasteiger partial charge on any atom is -0.481 e. The Hall–Kier alpha value is -1.92. The van der Waals surface area contributed by atoms with Crippen LogP contribution < -0.4 is 5.32 Å². The molecule has 1 rings (SSSR count). The zero-order chi connectivity index (χ0) is 15.8. The van der Waals surface area contributed by atoms with Crippen LogP contribution in [0.1, 0.15) is 18.9 Å². The fourth-order valence-corrected chi connectivity index (χ4v) is 1.98. The van der Waals surface area contributed by atoms with E-state index in [0.717, 1.165) is 11.3 Å². The van der Waals surface area contributed by atoms with Gasteiger partial charge in [-0.1, -0.05) is 18.2 Å². The smallest absolute Gasteiger partial charge is 0.304 e. The van der Waals surface area contributed by atoms with Gasteiger partial charge in [-0.3, -0.25) is 14.5 Å². The zero-order valence-electron chi connectivity index (χ0n) is 12.4. The second-order valence-corrected chi connectivity index (χ2v) is 4.88. The Morgan fingerprint density at radius 3 is 2.52 bits per heavy atom. The zero-order valence-corrected chi connectivity index (χ0v) is 12.4. The summed E-state index contributed by atoms with van der Waals surface area (Å²) in [5, 5.41) is 20.6. The minimum absolute atomic E-state index is 0.0675. The number of carbonyl (C=O) groups excluding carboxylic acids is 1. The molecule has 1 aromatic carbocycles. The summed E-state index contributed by atoms with van der Waals surface area (Å²) in [6.07, 6.45) is -0.0675. The highest BCUT2D eigenvalue weighted by Gasteiger charge is 2.21. The van der Waals surface area contributed by atoms with Crippen molar-refractivity contribution in [3.8, 4) is 0 Å². The van der Waals surface area contributed by atoms with Gasteiger partial charge in [0.05, 0.1) is 19.1 Å². The van der Waals surface area contributed by atoms with Crippen molar-refractivity contribution < 1.29 is 19.8 Å². The molecule has 1 aromatic rings. The maximum absolute atomic E-state index is 12.2. The van der Waals surface area contributed by atoms with Gasteiger partial charge in [-0.25, -0.2) is 0 Å². The Kier molecular flexibility index (Phi) is 6.84. The maximum atomic E-state index is 12.2. The number of aliphatic carboxylic acids is 1. The summed E-state index contributed by atoms with van der Waals surface area (Å²) in [4.78, 5) is 24.5. The summed E-state index contributed by atoms with van der Waals surface area (Å²) >= 11 is 0. The lowest BCUT2D eigenvalue weighted by atomic mass is 10.2. The fraction of sp³-hybridized carbons (Fsp3) is 0.467. The van der Waals surface area contributed by atoms with Crippen molar-refractivity contribution in [1.29, 1.82) is 0 Å². The molecule has 1 atom stereocenters. The van der Waals surface area contributed by atoms with Gasteiger partial charge < -0.3 is 15.5 Å². The first-order valence-electron chi connectivity index (χ1n) is 6.89. The van der Waals surface area contributed by atoms with E-state index in [1.807, 2.05) is 31.2 Å². The van der Waals surface area contributed by atoms with E-state index in [-0.39, 0.29) is 32.0 Å². The third-order valence-corrected chi connectivity index (χ3v) is 3.33. The third kappa shape index (κ3) is 5.53. The number of nitrogens with zero attached hydrogens (tertiary/aromatic N) is 1. The van der Waals surface area contributed by atoms with Crippen LogP contribution in [0.25, 0.3) is 0 Å². The molecule has 21 heavy (non-hydrogen) atoms. The molecule has 0 fully saturated rings. The summed E-state index contributed by atoms with van der Waals surface area (Å²) in [6.45, 7) is 3.96. The van der Waals surface area contributed by atoms with E-state index >= 15 is 0 Å². The number of para-hydroxylation sites is 1. The maximum Gasteiger partial charge on any atom is 0.304 e. The molecular formula is C15H22N2O4. The van der Waals surface area contributed by atoms with E-state index in [0.29, 0.717) is 0 Å². The van der Waals surface area contributed by atoms with Gasteiger partial charge in [-0.2, -0.15) is 0 Å². The van der Waals surface area contributed by atoms with Gasteiger partial charge in [0.2, 0.25) is 5.91 Å². The van der Waals surface area contributed by atoms with Crippen molar-refractivity contribution in [2.75, 3.05) is 25.0 Å². The van der Waals surface area contributed by atoms with E-state index in [9.17, 15) is 9.59 Å². The predicted octanol–water partition coefficient (Wildman–Crippen LogP) is 1.09. The van der Waals surface area contributed by atoms with Crippen LogP contribution in [0.3, 0.4) is 0 Å². The third-order valence-electron chi connectivity index (χ3n) is 3.33. The van der Waals surface area contributed by atoms with Crippen molar-refractivity contribution in [2.45, 2.75) is 26.3 Å². The van der Waals surface area contributed by atoms with E-state index in [1.165, 1.54) is 0 Å². The molecular weight excluding hydrogens is 272 g/mol. The van der Waals surface area contributed by atoms with Crippen LogP contribution in [0, 0.1) is 6.92 Å². The Bertz CT molecular complexity index is 490. The fourth-order valence-electron chi connectivity index (χ4n) is 1.98. The van der Waals surface area contributed by atoms with Gasteiger partial charge in [0.15, 0.2) is 0 Å². The van der Waals surface area contributed by atoms with Crippen molar-refractivity contribution in [1.82, 2.24) is 4.90 Å². The van der Waals surface area contributed by atoms with Gasteiger partial charge in [0, 0.05) is 18.8 Å². The molecule has 0 saturated heterocycles. The van der Waals surface area contributed by atoms with Crippen LogP contribution in [0.5, 0.6) is 0 Å². The number of aryl methyl sites for hydroxylation is 1. The van der Waals surface area contributed by atoms with Crippen LogP contribution in [0.2, 0.25) is 0 Å². The van der Waals surface area contributed by atoms with Gasteiger partial charge in [0.25, 0.3) is 0 Å². The number of aliphatic hydroxyl groups excluding tert-OH is 1. The van der Waals surface area contributed by atoms with Gasteiger partial charge >= 0.3 is 5.97 Å². The molecule has 0 aliphatic heterocycles. The first kappa shape index (κ1) is 17.1. The summed E-state index contributed by atoms with van der Waals surface area (Å²) in [6, 6.07) is 6.92. The van der Waals surface area contributed by atoms with Crippen LogP contribution in [-0.4, -0.2) is 52.7 Å². The molecule has 6 heteroatoms. The summed E-state index contributed by atoms with van der Waals surface area (Å²) in [5.41, 5.74) is 1.69. The molecule has 0 spiro atoms. The number of carbonyl (C=O) groups is 2. The number of carboxylic acids is 1.